The van der Waals surface area contributed by atoms with Gasteiger partial charge in [-0.05, 0) is 49.2 Å². The maximum Gasteiger partial charge on any atom is 0.132 e. The van der Waals surface area contributed by atoms with Gasteiger partial charge in [0.2, 0.25) is 0 Å². The van der Waals surface area contributed by atoms with Crippen LogP contribution in [0.3, 0.4) is 0 Å². The molecule has 0 aliphatic heterocycles. The molecule has 0 aliphatic rings. The Kier molecular flexibility index (Phi) is 1.80. The highest BCUT2D eigenvalue weighted by Crippen LogP contribution is 2.29. The van der Waals surface area contributed by atoms with Gasteiger partial charge < -0.3 is 5.21 Å². The van der Waals surface area contributed by atoms with Gasteiger partial charge in [0.15, 0.2) is 0 Å². The zero-order valence-corrected chi connectivity index (χ0v) is 8.87. The lowest BCUT2D eigenvalue weighted by Crippen LogP contribution is -1.90. The average Bonchev–Trinajstić information content (AvgIpc) is 2.41. The maximum absolute atomic E-state index is 9.13. The summed E-state index contributed by atoms with van der Waals surface area (Å²) in [5, 5.41) is 16.4. The maximum atomic E-state index is 9.13. The fraction of sp³-hybridized carbons (Fsp3) is 0. The number of rotatable bonds is 0. The van der Waals surface area contributed by atoms with E-state index < -0.39 is 0 Å². The van der Waals surface area contributed by atoms with Crippen molar-refractivity contribution in [3.63, 3.8) is 0 Å². The number of benzene rings is 1. The van der Waals surface area contributed by atoms with Crippen molar-refractivity contribution in [2.75, 3.05) is 0 Å². The Morgan fingerprint density at radius 2 is 2.08 bits per heavy atom. The van der Waals surface area contributed by atoms with Crippen LogP contribution in [0.1, 0.15) is 0 Å². The molecule has 0 radical (unpaired) electrons. The molecule has 62 valence electrons. The molecule has 0 amide bonds. The van der Waals surface area contributed by atoms with Crippen molar-refractivity contribution in [1.82, 2.24) is 15.2 Å². The molecule has 0 bridgehead atoms. The molecule has 0 unspecified atom stereocenters. The van der Waals surface area contributed by atoms with Gasteiger partial charge in [-0.3, -0.25) is 0 Å². The van der Waals surface area contributed by atoms with Crippen LogP contribution in [-0.2, 0) is 0 Å². The molecule has 1 aromatic heterocycles. The summed E-state index contributed by atoms with van der Waals surface area (Å²) in [5.41, 5.74) is 1.21. The highest BCUT2D eigenvalue weighted by Gasteiger charge is 2.08. The van der Waals surface area contributed by atoms with Crippen molar-refractivity contribution in [2.45, 2.75) is 0 Å². The molecule has 2 aromatic rings. The number of hydrogen-bond donors (Lipinski definition) is 1. The molecule has 0 spiro atoms. The van der Waals surface area contributed by atoms with Crippen molar-refractivity contribution < 1.29 is 5.21 Å². The minimum absolute atomic E-state index is 0.574. The first kappa shape index (κ1) is 8.00. The number of halogens is 2. The van der Waals surface area contributed by atoms with Crippen LogP contribution in [0, 0.1) is 0 Å². The first-order chi connectivity index (χ1) is 5.70. The van der Waals surface area contributed by atoms with E-state index in [-0.39, 0.29) is 0 Å². The quantitative estimate of drug-likeness (QED) is 0.757. The topological polar surface area (TPSA) is 50.9 Å². The van der Waals surface area contributed by atoms with E-state index in [4.69, 9.17) is 5.21 Å². The van der Waals surface area contributed by atoms with Crippen LogP contribution in [0.5, 0.6) is 0 Å². The molecule has 1 heterocycles. The van der Waals surface area contributed by atoms with E-state index in [0.29, 0.717) is 11.0 Å². The summed E-state index contributed by atoms with van der Waals surface area (Å²) in [7, 11) is 0. The third-order valence-corrected chi connectivity index (χ3v) is 3.49. The van der Waals surface area contributed by atoms with E-state index in [1.54, 1.807) is 6.07 Å². The third kappa shape index (κ3) is 1.02. The van der Waals surface area contributed by atoms with Crippen molar-refractivity contribution in [1.29, 1.82) is 0 Å². The SMILES string of the molecule is On1nnc2c(Br)c(Br)ccc21. The fourth-order valence-electron chi connectivity index (χ4n) is 0.922. The van der Waals surface area contributed by atoms with Crippen LogP contribution in [0.2, 0.25) is 0 Å². The van der Waals surface area contributed by atoms with Gasteiger partial charge in [-0.15, -0.1) is 5.10 Å². The van der Waals surface area contributed by atoms with Crippen molar-refractivity contribution >= 4 is 42.9 Å². The highest BCUT2D eigenvalue weighted by atomic mass is 79.9. The second-order valence-electron chi connectivity index (χ2n) is 2.21. The second-order valence-corrected chi connectivity index (χ2v) is 3.86. The van der Waals surface area contributed by atoms with Gasteiger partial charge in [0, 0.05) is 4.47 Å². The monoisotopic (exact) mass is 291 g/mol. The van der Waals surface area contributed by atoms with Gasteiger partial charge in [-0.25, -0.2) is 0 Å². The summed E-state index contributed by atoms with van der Waals surface area (Å²) in [4.78, 5) is 0.743. The lowest BCUT2D eigenvalue weighted by atomic mass is 10.3. The van der Waals surface area contributed by atoms with E-state index in [1.165, 1.54) is 0 Å². The molecule has 0 atom stereocenters. The minimum atomic E-state index is 0.574. The minimum Gasteiger partial charge on any atom is -0.410 e. The van der Waals surface area contributed by atoms with Crippen molar-refractivity contribution in [2.24, 2.45) is 0 Å². The van der Waals surface area contributed by atoms with E-state index in [0.717, 1.165) is 13.8 Å². The zero-order valence-electron chi connectivity index (χ0n) is 5.70. The molecule has 2 rings (SSSR count). The molecule has 1 N–H and O–H groups in total. The first-order valence-electron chi connectivity index (χ1n) is 3.09. The smallest absolute Gasteiger partial charge is 0.132 e. The molecule has 12 heavy (non-hydrogen) atoms. The standard InChI is InChI=1S/C6H3Br2N3O/c7-3-1-2-4-6(5(3)8)9-10-11(4)12/h1-2,12H. The zero-order chi connectivity index (χ0) is 8.72. The molecule has 0 aliphatic carbocycles. The second kappa shape index (κ2) is 2.70. The lowest BCUT2D eigenvalue weighted by Gasteiger charge is -1.94. The van der Waals surface area contributed by atoms with Crippen LogP contribution < -0.4 is 0 Å². The van der Waals surface area contributed by atoms with Crippen LogP contribution in [0.15, 0.2) is 21.1 Å². The number of hydrogen-bond acceptors (Lipinski definition) is 3. The number of nitrogens with zero attached hydrogens (tertiary/aromatic N) is 3. The summed E-state index contributed by atoms with van der Waals surface area (Å²) in [6.45, 7) is 0. The summed E-state index contributed by atoms with van der Waals surface area (Å²) in [6, 6.07) is 3.53. The van der Waals surface area contributed by atoms with Gasteiger partial charge in [-0.2, -0.15) is 0 Å². The lowest BCUT2D eigenvalue weighted by molar-refractivity contribution is 0.155. The Balaban J connectivity index is 2.93. The van der Waals surface area contributed by atoms with Gasteiger partial charge >= 0.3 is 0 Å². The predicted octanol–water partition coefficient (Wildman–Crippen LogP) is 2.19. The third-order valence-electron chi connectivity index (χ3n) is 1.49. The average molecular weight is 293 g/mol. The highest BCUT2D eigenvalue weighted by molar-refractivity contribution is 9.13. The van der Waals surface area contributed by atoms with Crippen LogP contribution in [0.25, 0.3) is 11.0 Å². The molecule has 1 aromatic carbocycles. The van der Waals surface area contributed by atoms with Gasteiger partial charge in [0.1, 0.15) is 11.0 Å². The summed E-state index contributed by atoms with van der Waals surface area (Å²) < 4.78 is 1.68. The van der Waals surface area contributed by atoms with Crippen LogP contribution in [-0.4, -0.2) is 20.4 Å². The van der Waals surface area contributed by atoms with E-state index >= 15 is 0 Å². The Hall–Kier alpha value is -0.620. The van der Waals surface area contributed by atoms with E-state index in [1.807, 2.05) is 6.07 Å². The van der Waals surface area contributed by atoms with Crippen molar-refractivity contribution in [3.05, 3.63) is 21.1 Å². The summed E-state index contributed by atoms with van der Waals surface area (Å²) in [6.07, 6.45) is 0. The fourth-order valence-corrected chi connectivity index (χ4v) is 1.66. The number of fused-ring (bicyclic) bond motifs is 1. The summed E-state index contributed by atoms with van der Waals surface area (Å²) in [5.74, 6) is 0. The van der Waals surface area contributed by atoms with Crippen LogP contribution >= 0.6 is 31.9 Å². The van der Waals surface area contributed by atoms with Gasteiger partial charge in [0.25, 0.3) is 0 Å². The molecular formula is C6H3Br2N3O. The Morgan fingerprint density at radius 1 is 1.33 bits per heavy atom. The Morgan fingerprint density at radius 3 is 2.83 bits per heavy atom. The Bertz CT molecular complexity index is 440. The van der Waals surface area contributed by atoms with Gasteiger partial charge in [-0.1, -0.05) is 4.85 Å². The summed E-state index contributed by atoms with van der Waals surface area (Å²) >= 11 is 6.64. The molecule has 0 saturated carbocycles. The largest absolute Gasteiger partial charge is 0.410 e. The van der Waals surface area contributed by atoms with Gasteiger partial charge in [0.05, 0.1) is 4.47 Å². The predicted molar refractivity (Wildman–Crippen MR) is 50.1 cm³/mol. The normalized spacial score (nSPS) is 10.8. The van der Waals surface area contributed by atoms with Crippen LogP contribution in [0.4, 0.5) is 0 Å². The van der Waals surface area contributed by atoms with E-state index in [2.05, 4.69) is 42.2 Å². The molecular weight excluding hydrogens is 290 g/mol. The van der Waals surface area contributed by atoms with Crippen molar-refractivity contribution in [3.8, 4) is 0 Å². The van der Waals surface area contributed by atoms with E-state index in [9.17, 15) is 0 Å². The first-order valence-corrected chi connectivity index (χ1v) is 4.67. The number of aromatic nitrogens is 3. The molecule has 6 heteroatoms. The molecule has 0 saturated heterocycles. The molecule has 0 fully saturated rings. The Labute approximate surface area is 84.4 Å². The molecule has 4 nitrogen and oxygen atoms in total.